The van der Waals surface area contributed by atoms with Crippen LogP contribution in [0.15, 0.2) is 6.20 Å². The quantitative estimate of drug-likeness (QED) is 0.694. The predicted octanol–water partition coefficient (Wildman–Crippen LogP) is 3.12. The summed E-state index contributed by atoms with van der Waals surface area (Å²) in [6, 6.07) is -0.623. The summed E-state index contributed by atoms with van der Waals surface area (Å²) in [5, 5.41) is 16.3. The van der Waals surface area contributed by atoms with E-state index in [2.05, 4.69) is 20.6 Å². The third-order valence-electron chi connectivity index (χ3n) is 6.69. The van der Waals surface area contributed by atoms with Crippen molar-refractivity contribution in [1.82, 2.24) is 15.3 Å². The lowest BCUT2D eigenvalue weighted by molar-refractivity contribution is -0.137. The summed E-state index contributed by atoms with van der Waals surface area (Å²) in [7, 11) is 0. The van der Waals surface area contributed by atoms with Gasteiger partial charge in [-0.25, -0.2) is 14.8 Å². The molecule has 6 heteroatoms. The molecular weight excluding hydrogens is 328 g/mol. The van der Waals surface area contributed by atoms with Gasteiger partial charge >= 0.3 is 5.97 Å². The van der Waals surface area contributed by atoms with Crippen LogP contribution in [-0.4, -0.2) is 32.6 Å². The topological polar surface area (TPSA) is 87.1 Å². The van der Waals surface area contributed by atoms with Crippen LogP contribution >= 0.6 is 0 Å². The van der Waals surface area contributed by atoms with Gasteiger partial charge in [0.15, 0.2) is 0 Å². The molecule has 1 heterocycles. The lowest BCUT2D eigenvalue weighted by Crippen LogP contribution is -2.58. The van der Waals surface area contributed by atoms with E-state index >= 15 is 0 Å². The summed E-state index contributed by atoms with van der Waals surface area (Å²) in [4.78, 5) is 20.2. The number of carboxylic acid groups (broad SMARTS) is 1. The van der Waals surface area contributed by atoms with Gasteiger partial charge in [0.05, 0.1) is 0 Å². The van der Waals surface area contributed by atoms with Crippen molar-refractivity contribution >= 4 is 11.8 Å². The van der Waals surface area contributed by atoms with Gasteiger partial charge in [0.2, 0.25) is 0 Å². The van der Waals surface area contributed by atoms with E-state index in [1.54, 1.807) is 0 Å². The molecule has 3 N–H and O–H groups in total. The van der Waals surface area contributed by atoms with Crippen LogP contribution in [-0.2, 0) is 11.3 Å². The number of rotatable bonds is 7. The Morgan fingerprint density at radius 2 is 1.88 bits per heavy atom. The summed E-state index contributed by atoms with van der Waals surface area (Å²) >= 11 is 0. The molecule has 26 heavy (non-hydrogen) atoms. The van der Waals surface area contributed by atoms with Gasteiger partial charge in [0.1, 0.15) is 17.7 Å². The highest BCUT2D eigenvalue weighted by atomic mass is 16.4. The smallest absolute Gasteiger partial charge is 0.326 e. The molecule has 5 rings (SSSR count). The number of aryl methyl sites for hydroxylation is 1. The van der Waals surface area contributed by atoms with E-state index in [1.165, 1.54) is 38.5 Å². The van der Waals surface area contributed by atoms with Crippen LogP contribution in [0.5, 0.6) is 0 Å². The van der Waals surface area contributed by atoms with Gasteiger partial charge in [0, 0.05) is 23.8 Å². The van der Waals surface area contributed by atoms with E-state index in [0.29, 0.717) is 24.6 Å². The van der Waals surface area contributed by atoms with Crippen LogP contribution in [0.2, 0.25) is 0 Å². The number of anilines is 1. The summed E-state index contributed by atoms with van der Waals surface area (Å²) in [5.74, 6) is 3.17. The second kappa shape index (κ2) is 6.80. The summed E-state index contributed by atoms with van der Waals surface area (Å²) in [6.07, 6.45) is 10.5. The van der Waals surface area contributed by atoms with Gasteiger partial charge in [-0.05, 0) is 69.6 Å². The zero-order valence-electron chi connectivity index (χ0n) is 15.8. The molecule has 0 spiro atoms. The standard InChI is InChI=1S/C20H30N4O2/c1-3-17(19(25)26)24-18-16(10-21-12(2)23-18)11-22-20-7-13-4-14(8-20)6-15(5-13)9-20/h10,13-15,17,22H,3-9,11H2,1-2H3,(H,25,26)(H,21,23,24). The Labute approximate surface area is 155 Å². The van der Waals surface area contributed by atoms with Gasteiger partial charge < -0.3 is 15.7 Å². The predicted molar refractivity (Wildman–Crippen MR) is 99.8 cm³/mol. The molecule has 142 valence electrons. The van der Waals surface area contributed by atoms with E-state index in [0.717, 1.165) is 23.3 Å². The summed E-state index contributed by atoms with van der Waals surface area (Å²) in [5.41, 5.74) is 1.24. The number of carbonyl (C=O) groups is 1. The van der Waals surface area contributed by atoms with Crippen LogP contribution in [0.4, 0.5) is 5.82 Å². The first-order valence-electron chi connectivity index (χ1n) is 10.0. The number of aromatic nitrogens is 2. The maximum Gasteiger partial charge on any atom is 0.326 e. The second-order valence-corrected chi connectivity index (χ2v) is 8.79. The monoisotopic (exact) mass is 358 g/mol. The van der Waals surface area contributed by atoms with E-state index in [4.69, 9.17) is 0 Å². The number of aliphatic carboxylic acids is 1. The average molecular weight is 358 g/mol. The van der Waals surface area contributed by atoms with Crippen molar-refractivity contribution in [3.63, 3.8) is 0 Å². The maximum atomic E-state index is 11.4. The van der Waals surface area contributed by atoms with Crippen molar-refractivity contribution in [2.24, 2.45) is 17.8 Å². The van der Waals surface area contributed by atoms with Crippen molar-refractivity contribution in [1.29, 1.82) is 0 Å². The molecule has 0 aromatic carbocycles. The first-order valence-corrected chi connectivity index (χ1v) is 10.0. The zero-order chi connectivity index (χ0) is 18.3. The summed E-state index contributed by atoms with van der Waals surface area (Å²) < 4.78 is 0. The normalized spacial score (nSPS) is 33.2. The Bertz CT molecular complexity index is 655. The van der Waals surface area contributed by atoms with Crippen LogP contribution in [0.1, 0.15) is 63.3 Å². The molecule has 0 amide bonds. The highest BCUT2D eigenvalue weighted by Gasteiger charge is 2.50. The number of nitrogens with zero attached hydrogens (tertiary/aromatic N) is 2. The zero-order valence-corrected chi connectivity index (χ0v) is 15.8. The molecule has 1 atom stereocenters. The van der Waals surface area contributed by atoms with Gasteiger partial charge in [-0.3, -0.25) is 0 Å². The molecule has 4 saturated carbocycles. The Balaban J connectivity index is 1.49. The van der Waals surface area contributed by atoms with Crippen molar-refractivity contribution in [2.75, 3.05) is 5.32 Å². The van der Waals surface area contributed by atoms with Crippen molar-refractivity contribution in [3.05, 3.63) is 17.6 Å². The summed E-state index contributed by atoms with van der Waals surface area (Å²) in [6.45, 7) is 4.40. The fourth-order valence-electron chi connectivity index (χ4n) is 5.86. The molecule has 4 aliphatic rings. The lowest BCUT2D eigenvalue weighted by Gasteiger charge is -2.57. The Hall–Kier alpha value is -1.69. The van der Waals surface area contributed by atoms with Crippen LogP contribution < -0.4 is 10.6 Å². The molecular formula is C20H30N4O2. The molecule has 4 bridgehead atoms. The Morgan fingerprint density at radius 3 is 2.42 bits per heavy atom. The molecule has 6 nitrogen and oxygen atoms in total. The largest absolute Gasteiger partial charge is 0.480 e. The Morgan fingerprint density at radius 1 is 1.27 bits per heavy atom. The minimum absolute atomic E-state index is 0.272. The molecule has 1 aromatic heterocycles. The lowest BCUT2D eigenvalue weighted by atomic mass is 9.53. The average Bonchev–Trinajstić information content (AvgIpc) is 2.57. The fourth-order valence-corrected chi connectivity index (χ4v) is 5.86. The third-order valence-corrected chi connectivity index (χ3v) is 6.69. The number of hydrogen-bond acceptors (Lipinski definition) is 5. The van der Waals surface area contributed by atoms with Crippen molar-refractivity contribution in [2.45, 2.75) is 76.9 Å². The van der Waals surface area contributed by atoms with Gasteiger partial charge in [-0.15, -0.1) is 0 Å². The SMILES string of the molecule is CCC(Nc1nc(C)ncc1CNC12CC3CC(CC(C3)C1)C2)C(=O)O. The van der Waals surface area contributed by atoms with Gasteiger partial charge in [-0.1, -0.05) is 6.92 Å². The van der Waals surface area contributed by atoms with Gasteiger partial charge in [0.25, 0.3) is 0 Å². The molecule has 0 aliphatic heterocycles. The van der Waals surface area contributed by atoms with E-state index < -0.39 is 12.0 Å². The minimum atomic E-state index is -0.844. The first-order chi connectivity index (χ1) is 12.5. The second-order valence-electron chi connectivity index (χ2n) is 8.79. The molecule has 4 fully saturated rings. The molecule has 4 aliphatic carbocycles. The first kappa shape index (κ1) is 17.7. The van der Waals surface area contributed by atoms with Crippen molar-refractivity contribution < 1.29 is 9.90 Å². The molecule has 1 aromatic rings. The van der Waals surface area contributed by atoms with Crippen LogP contribution in [0.25, 0.3) is 0 Å². The molecule has 1 unspecified atom stereocenters. The molecule has 0 saturated heterocycles. The highest BCUT2D eigenvalue weighted by molar-refractivity contribution is 5.77. The van der Waals surface area contributed by atoms with Crippen LogP contribution in [0.3, 0.4) is 0 Å². The third kappa shape index (κ3) is 3.43. The van der Waals surface area contributed by atoms with E-state index in [9.17, 15) is 9.90 Å². The fraction of sp³-hybridized carbons (Fsp3) is 0.750. The van der Waals surface area contributed by atoms with Crippen LogP contribution in [0, 0.1) is 24.7 Å². The highest BCUT2D eigenvalue weighted by Crippen LogP contribution is 2.55. The number of hydrogen-bond donors (Lipinski definition) is 3. The van der Waals surface area contributed by atoms with Gasteiger partial charge in [-0.2, -0.15) is 0 Å². The van der Waals surface area contributed by atoms with Crippen molar-refractivity contribution in [3.8, 4) is 0 Å². The number of nitrogens with one attached hydrogen (secondary N) is 2. The number of carboxylic acids is 1. The van der Waals surface area contributed by atoms with E-state index in [-0.39, 0.29) is 5.54 Å². The van der Waals surface area contributed by atoms with E-state index in [1.807, 2.05) is 20.0 Å². The minimum Gasteiger partial charge on any atom is -0.480 e. The molecule has 0 radical (unpaired) electrons. The maximum absolute atomic E-state index is 11.4. The Kier molecular flexibility index (Phi) is 4.63.